The predicted octanol–water partition coefficient (Wildman–Crippen LogP) is 2.79. The summed E-state index contributed by atoms with van der Waals surface area (Å²) in [5, 5.41) is 9.53. The van der Waals surface area contributed by atoms with Crippen LogP contribution in [0.5, 0.6) is 5.88 Å². The first kappa shape index (κ1) is 13.6. The Bertz CT molecular complexity index is 769. The summed E-state index contributed by atoms with van der Waals surface area (Å²) >= 11 is 7.80. The summed E-state index contributed by atoms with van der Waals surface area (Å²) < 4.78 is 14.1. The molecule has 98 valence electrons. The highest BCUT2D eigenvalue weighted by Crippen LogP contribution is 2.21. The number of aromatic nitrogens is 2. The summed E-state index contributed by atoms with van der Waals surface area (Å²) in [6.45, 7) is 0. The fourth-order valence-electron chi connectivity index (χ4n) is 1.32. The molecule has 1 aromatic carbocycles. The predicted molar refractivity (Wildman–Crippen MR) is 75.3 cm³/mol. The van der Waals surface area contributed by atoms with Crippen LogP contribution in [0.1, 0.15) is 5.56 Å². The van der Waals surface area contributed by atoms with Gasteiger partial charge in [-0.2, -0.15) is 0 Å². The third kappa shape index (κ3) is 3.15. The van der Waals surface area contributed by atoms with Gasteiger partial charge in [0.15, 0.2) is 4.77 Å². The van der Waals surface area contributed by atoms with E-state index in [0.717, 1.165) is 6.21 Å². The molecule has 0 unspecified atom stereocenters. The summed E-state index contributed by atoms with van der Waals surface area (Å²) in [5.41, 5.74) is -0.692. The molecule has 2 aromatic rings. The van der Waals surface area contributed by atoms with E-state index in [0.29, 0.717) is 4.47 Å². The van der Waals surface area contributed by atoms with Gasteiger partial charge in [-0.15, -0.1) is 0 Å². The van der Waals surface area contributed by atoms with Crippen LogP contribution in [0.25, 0.3) is 0 Å². The van der Waals surface area contributed by atoms with Crippen molar-refractivity contribution in [1.82, 2.24) is 9.97 Å². The molecule has 3 N–H and O–H groups in total. The molecule has 19 heavy (non-hydrogen) atoms. The first-order valence-corrected chi connectivity index (χ1v) is 6.22. The van der Waals surface area contributed by atoms with Gasteiger partial charge in [0.1, 0.15) is 11.4 Å². The molecule has 1 heterocycles. The average molecular weight is 344 g/mol. The van der Waals surface area contributed by atoms with Crippen LogP contribution in [0, 0.1) is 10.6 Å². The van der Waals surface area contributed by atoms with E-state index < -0.39 is 17.3 Å². The number of hydrogen-bond acceptors (Lipinski definition) is 4. The van der Waals surface area contributed by atoms with Crippen molar-refractivity contribution < 1.29 is 9.50 Å². The summed E-state index contributed by atoms with van der Waals surface area (Å²) in [4.78, 5) is 20.0. The molecule has 0 aliphatic heterocycles. The van der Waals surface area contributed by atoms with Crippen LogP contribution >= 0.6 is 28.1 Å². The van der Waals surface area contributed by atoms with Crippen LogP contribution in [0.15, 0.2) is 32.5 Å². The smallest absolute Gasteiger partial charge is 0.264 e. The minimum atomic E-state index is -0.609. The number of hydrogen-bond donors (Lipinski definition) is 3. The highest BCUT2D eigenvalue weighted by molar-refractivity contribution is 9.10. The number of halogens is 2. The SMILES string of the molecule is O=c1[nH]c(=S)[nH]c(O)c1C=Nc1ccc(Br)cc1F. The maximum atomic E-state index is 13.5. The van der Waals surface area contributed by atoms with Crippen molar-refractivity contribution in [2.45, 2.75) is 0 Å². The molecule has 1 aromatic heterocycles. The third-order valence-corrected chi connectivity index (χ3v) is 2.90. The lowest BCUT2D eigenvalue weighted by Gasteiger charge is -1.99. The molecule has 0 bridgehead atoms. The zero-order valence-corrected chi connectivity index (χ0v) is 11.7. The van der Waals surface area contributed by atoms with Gasteiger partial charge in [-0.3, -0.25) is 14.8 Å². The Morgan fingerprint density at radius 3 is 2.79 bits per heavy atom. The molecule has 0 aliphatic rings. The van der Waals surface area contributed by atoms with Crippen molar-refractivity contribution in [3.63, 3.8) is 0 Å². The molecule has 2 rings (SSSR count). The van der Waals surface area contributed by atoms with Crippen LogP contribution in [0.3, 0.4) is 0 Å². The number of benzene rings is 1. The molecule has 0 radical (unpaired) electrons. The lowest BCUT2D eigenvalue weighted by atomic mass is 10.3. The minimum Gasteiger partial charge on any atom is -0.494 e. The van der Waals surface area contributed by atoms with Crippen LogP contribution in [0.2, 0.25) is 0 Å². The Morgan fingerprint density at radius 1 is 1.42 bits per heavy atom. The highest BCUT2D eigenvalue weighted by Gasteiger charge is 2.05. The summed E-state index contributed by atoms with van der Waals surface area (Å²) in [6, 6.07) is 4.29. The van der Waals surface area contributed by atoms with Crippen LogP contribution in [0.4, 0.5) is 10.1 Å². The number of aromatic hydroxyl groups is 1. The van der Waals surface area contributed by atoms with Crippen molar-refractivity contribution in [3.05, 3.63) is 49.2 Å². The maximum absolute atomic E-state index is 13.5. The van der Waals surface area contributed by atoms with Gasteiger partial charge in [0.2, 0.25) is 5.88 Å². The van der Waals surface area contributed by atoms with E-state index >= 15 is 0 Å². The van der Waals surface area contributed by atoms with Gasteiger partial charge in [0, 0.05) is 10.7 Å². The maximum Gasteiger partial charge on any atom is 0.264 e. The van der Waals surface area contributed by atoms with Gasteiger partial charge in [-0.25, -0.2) is 4.39 Å². The molecular weight excluding hydrogens is 337 g/mol. The standard InChI is InChI=1S/C11H7BrFN3O2S/c12-5-1-2-8(7(13)3-5)14-4-6-9(17)15-11(19)16-10(6)18/h1-4H,(H3,15,16,17,18,19). The van der Waals surface area contributed by atoms with Crippen LogP contribution in [-0.2, 0) is 0 Å². The number of H-pyrrole nitrogens is 2. The third-order valence-electron chi connectivity index (χ3n) is 2.20. The van der Waals surface area contributed by atoms with Crippen LogP contribution < -0.4 is 5.56 Å². The molecular formula is C11H7BrFN3O2S. The number of rotatable bonds is 2. The zero-order valence-electron chi connectivity index (χ0n) is 9.28. The van der Waals surface area contributed by atoms with Gasteiger partial charge >= 0.3 is 0 Å². The molecule has 0 saturated heterocycles. The molecule has 0 fully saturated rings. The van der Waals surface area contributed by atoms with Crippen molar-refractivity contribution in [1.29, 1.82) is 0 Å². The van der Waals surface area contributed by atoms with Gasteiger partial charge in [-0.1, -0.05) is 15.9 Å². The summed E-state index contributed by atoms with van der Waals surface area (Å²) in [5.74, 6) is -0.972. The monoisotopic (exact) mass is 343 g/mol. The molecule has 5 nitrogen and oxygen atoms in total. The van der Waals surface area contributed by atoms with Gasteiger partial charge in [-0.05, 0) is 30.4 Å². The largest absolute Gasteiger partial charge is 0.494 e. The Morgan fingerprint density at radius 2 is 2.16 bits per heavy atom. The Labute approximate surface area is 120 Å². The topological polar surface area (TPSA) is 81.2 Å². The lowest BCUT2D eigenvalue weighted by Crippen LogP contribution is -2.13. The Balaban J connectivity index is 2.44. The Kier molecular flexibility index (Phi) is 3.91. The first-order valence-electron chi connectivity index (χ1n) is 5.02. The lowest BCUT2D eigenvalue weighted by molar-refractivity contribution is 0.449. The molecule has 0 aliphatic carbocycles. The second kappa shape index (κ2) is 5.45. The normalized spacial score (nSPS) is 11.1. The van der Waals surface area contributed by atoms with E-state index in [4.69, 9.17) is 0 Å². The minimum absolute atomic E-state index is 0.00512. The molecule has 0 spiro atoms. The highest BCUT2D eigenvalue weighted by atomic mass is 79.9. The quantitative estimate of drug-likeness (QED) is 0.579. The number of aliphatic imine (C=N–C) groups is 1. The number of nitrogens with zero attached hydrogens (tertiary/aromatic N) is 1. The van der Waals surface area contributed by atoms with E-state index in [1.807, 2.05) is 0 Å². The van der Waals surface area contributed by atoms with Crippen molar-refractivity contribution >= 4 is 40.0 Å². The van der Waals surface area contributed by atoms with E-state index in [-0.39, 0.29) is 16.0 Å². The van der Waals surface area contributed by atoms with E-state index in [2.05, 4.69) is 43.1 Å². The van der Waals surface area contributed by atoms with Crippen molar-refractivity contribution in [2.24, 2.45) is 4.99 Å². The van der Waals surface area contributed by atoms with Crippen molar-refractivity contribution in [2.75, 3.05) is 0 Å². The molecule has 8 heteroatoms. The number of aromatic amines is 2. The average Bonchev–Trinajstić information content (AvgIpc) is 2.30. The number of nitrogens with one attached hydrogen (secondary N) is 2. The van der Waals surface area contributed by atoms with E-state index in [1.54, 1.807) is 6.07 Å². The Hall–Kier alpha value is -1.80. The van der Waals surface area contributed by atoms with E-state index in [9.17, 15) is 14.3 Å². The molecule has 0 saturated carbocycles. The summed E-state index contributed by atoms with van der Waals surface area (Å²) in [7, 11) is 0. The fourth-order valence-corrected chi connectivity index (χ4v) is 1.85. The van der Waals surface area contributed by atoms with Gasteiger partial charge in [0.05, 0.1) is 5.69 Å². The molecule has 0 atom stereocenters. The summed E-state index contributed by atoms with van der Waals surface area (Å²) in [6.07, 6.45) is 1.06. The van der Waals surface area contributed by atoms with Crippen LogP contribution in [-0.4, -0.2) is 21.3 Å². The second-order valence-corrected chi connectivity index (χ2v) is 4.85. The first-order chi connectivity index (χ1) is 8.97. The zero-order chi connectivity index (χ0) is 14.0. The van der Waals surface area contributed by atoms with Gasteiger partial charge < -0.3 is 10.1 Å². The van der Waals surface area contributed by atoms with Crippen molar-refractivity contribution in [3.8, 4) is 5.88 Å². The fraction of sp³-hybridized carbons (Fsp3) is 0. The second-order valence-electron chi connectivity index (χ2n) is 3.52. The van der Waals surface area contributed by atoms with Gasteiger partial charge in [0.25, 0.3) is 5.56 Å². The molecule has 0 amide bonds. The van der Waals surface area contributed by atoms with E-state index in [1.165, 1.54) is 12.1 Å².